The average molecular weight is 249 g/mol. The van der Waals surface area contributed by atoms with E-state index in [1.54, 1.807) is 14.2 Å². The Balaban J connectivity index is 2.30. The van der Waals surface area contributed by atoms with Crippen molar-refractivity contribution in [2.24, 2.45) is 11.1 Å². The van der Waals surface area contributed by atoms with Crippen molar-refractivity contribution in [3.05, 3.63) is 23.3 Å². The van der Waals surface area contributed by atoms with Crippen LogP contribution in [0.15, 0.2) is 12.1 Å². The monoisotopic (exact) mass is 249 g/mol. The molecule has 1 saturated carbocycles. The standard InChI is InChI=1S/C15H23NO2/c1-11-7-14(18-3)12(8-13(11)17-2)9-15(10-16)5-4-6-15/h7-8H,4-6,9-10,16H2,1-3H3. The van der Waals surface area contributed by atoms with Gasteiger partial charge in [0.05, 0.1) is 14.2 Å². The summed E-state index contributed by atoms with van der Waals surface area (Å²) in [5.41, 5.74) is 8.54. The van der Waals surface area contributed by atoms with Crippen LogP contribution in [-0.4, -0.2) is 20.8 Å². The van der Waals surface area contributed by atoms with Gasteiger partial charge < -0.3 is 15.2 Å². The Kier molecular flexibility index (Phi) is 3.81. The number of aryl methyl sites for hydroxylation is 1. The summed E-state index contributed by atoms with van der Waals surface area (Å²) in [6.07, 6.45) is 4.73. The minimum atomic E-state index is 0.285. The van der Waals surface area contributed by atoms with E-state index in [4.69, 9.17) is 15.2 Å². The van der Waals surface area contributed by atoms with Gasteiger partial charge in [-0.2, -0.15) is 0 Å². The lowest BCUT2D eigenvalue weighted by Gasteiger charge is -2.41. The van der Waals surface area contributed by atoms with Gasteiger partial charge in [0, 0.05) is 0 Å². The molecule has 1 fully saturated rings. The second kappa shape index (κ2) is 5.19. The van der Waals surface area contributed by atoms with Crippen LogP contribution in [0.5, 0.6) is 11.5 Å². The Morgan fingerprint density at radius 2 is 1.83 bits per heavy atom. The minimum absolute atomic E-state index is 0.285. The van der Waals surface area contributed by atoms with Crippen LogP contribution in [0, 0.1) is 12.3 Å². The van der Waals surface area contributed by atoms with E-state index in [0.717, 1.165) is 30.0 Å². The smallest absolute Gasteiger partial charge is 0.122 e. The van der Waals surface area contributed by atoms with E-state index >= 15 is 0 Å². The maximum Gasteiger partial charge on any atom is 0.122 e. The predicted octanol–water partition coefficient (Wildman–Crippen LogP) is 2.68. The SMILES string of the molecule is COc1cc(CC2(CN)CCC2)c(OC)cc1C. The molecule has 0 saturated heterocycles. The second-order valence-electron chi connectivity index (χ2n) is 5.37. The van der Waals surface area contributed by atoms with E-state index in [-0.39, 0.29) is 5.41 Å². The van der Waals surface area contributed by atoms with Gasteiger partial charge in [0.1, 0.15) is 11.5 Å². The first-order valence-corrected chi connectivity index (χ1v) is 6.56. The molecule has 0 radical (unpaired) electrons. The first-order valence-electron chi connectivity index (χ1n) is 6.56. The van der Waals surface area contributed by atoms with Crippen LogP contribution in [0.2, 0.25) is 0 Å². The number of hydrogen-bond acceptors (Lipinski definition) is 3. The lowest BCUT2D eigenvalue weighted by molar-refractivity contribution is 0.143. The van der Waals surface area contributed by atoms with Crippen LogP contribution >= 0.6 is 0 Å². The van der Waals surface area contributed by atoms with Crippen molar-refractivity contribution in [3.63, 3.8) is 0 Å². The molecule has 18 heavy (non-hydrogen) atoms. The minimum Gasteiger partial charge on any atom is -0.496 e. The molecule has 1 aliphatic carbocycles. The molecule has 2 rings (SSSR count). The van der Waals surface area contributed by atoms with E-state index < -0.39 is 0 Å². The molecule has 0 heterocycles. The fourth-order valence-corrected chi connectivity index (χ4v) is 2.79. The fourth-order valence-electron chi connectivity index (χ4n) is 2.79. The highest BCUT2D eigenvalue weighted by Gasteiger charge is 2.36. The summed E-state index contributed by atoms with van der Waals surface area (Å²) in [4.78, 5) is 0. The van der Waals surface area contributed by atoms with Gasteiger partial charge in [-0.1, -0.05) is 6.42 Å². The van der Waals surface area contributed by atoms with E-state index in [2.05, 4.69) is 12.1 Å². The zero-order valence-electron chi connectivity index (χ0n) is 11.6. The summed E-state index contributed by atoms with van der Waals surface area (Å²) in [5.74, 6) is 1.88. The van der Waals surface area contributed by atoms with Crippen molar-refractivity contribution in [3.8, 4) is 11.5 Å². The molecular weight excluding hydrogens is 226 g/mol. The molecule has 0 atom stereocenters. The van der Waals surface area contributed by atoms with Gasteiger partial charge in [-0.05, 0) is 61.4 Å². The number of ether oxygens (including phenoxy) is 2. The summed E-state index contributed by atoms with van der Waals surface area (Å²) >= 11 is 0. The average Bonchev–Trinajstić information content (AvgIpc) is 2.34. The molecule has 0 bridgehead atoms. The quantitative estimate of drug-likeness (QED) is 0.872. The second-order valence-corrected chi connectivity index (χ2v) is 5.37. The van der Waals surface area contributed by atoms with Crippen molar-refractivity contribution in [2.45, 2.75) is 32.6 Å². The van der Waals surface area contributed by atoms with Gasteiger partial charge in [-0.15, -0.1) is 0 Å². The normalized spacial score (nSPS) is 17.1. The van der Waals surface area contributed by atoms with Gasteiger partial charge in [-0.3, -0.25) is 0 Å². The van der Waals surface area contributed by atoms with E-state index in [1.165, 1.54) is 24.8 Å². The summed E-state index contributed by atoms with van der Waals surface area (Å²) < 4.78 is 10.9. The predicted molar refractivity (Wildman–Crippen MR) is 73.3 cm³/mol. The van der Waals surface area contributed by atoms with Gasteiger partial charge in [0.15, 0.2) is 0 Å². The highest BCUT2D eigenvalue weighted by Crippen LogP contribution is 2.44. The Hall–Kier alpha value is -1.22. The Morgan fingerprint density at radius 3 is 2.28 bits per heavy atom. The maximum absolute atomic E-state index is 5.94. The largest absolute Gasteiger partial charge is 0.496 e. The molecule has 0 aliphatic heterocycles. The van der Waals surface area contributed by atoms with Gasteiger partial charge in [-0.25, -0.2) is 0 Å². The van der Waals surface area contributed by atoms with Crippen molar-refractivity contribution >= 4 is 0 Å². The fraction of sp³-hybridized carbons (Fsp3) is 0.600. The highest BCUT2D eigenvalue weighted by molar-refractivity contribution is 5.46. The molecule has 0 unspecified atom stereocenters. The number of rotatable bonds is 5. The van der Waals surface area contributed by atoms with Crippen molar-refractivity contribution in [2.75, 3.05) is 20.8 Å². The topological polar surface area (TPSA) is 44.5 Å². The lowest BCUT2D eigenvalue weighted by atomic mass is 9.65. The van der Waals surface area contributed by atoms with Crippen molar-refractivity contribution < 1.29 is 9.47 Å². The molecule has 0 aromatic heterocycles. The number of benzene rings is 1. The molecule has 3 heteroatoms. The molecule has 2 N–H and O–H groups in total. The molecule has 1 aromatic rings. The molecule has 100 valence electrons. The van der Waals surface area contributed by atoms with Gasteiger partial charge >= 0.3 is 0 Å². The zero-order valence-corrected chi connectivity index (χ0v) is 11.6. The Morgan fingerprint density at radius 1 is 1.17 bits per heavy atom. The molecule has 1 aliphatic rings. The molecule has 0 amide bonds. The number of methoxy groups -OCH3 is 2. The summed E-state index contributed by atoms with van der Waals surface area (Å²) in [7, 11) is 3.43. The highest BCUT2D eigenvalue weighted by atomic mass is 16.5. The third kappa shape index (κ3) is 2.32. The van der Waals surface area contributed by atoms with Gasteiger partial charge in [0.2, 0.25) is 0 Å². The van der Waals surface area contributed by atoms with E-state index in [1.807, 2.05) is 6.92 Å². The first kappa shape index (κ1) is 13.2. The van der Waals surface area contributed by atoms with Crippen LogP contribution in [0.1, 0.15) is 30.4 Å². The molecular formula is C15H23NO2. The third-order valence-corrected chi connectivity index (χ3v) is 4.21. The number of hydrogen-bond donors (Lipinski definition) is 1. The van der Waals surface area contributed by atoms with Crippen LogP contribution in [0.4, 0.5) is 0 Å². The summed E-state index contributed by atoms with van der Waals surface area (Å²) in [6.45, 7) is 2.79. The molecule has 1 aromatic carbocycles. The first-order chi connectivity index (χ1) is 8.64. The number of nitrogens with two attached hydrogens (primary N) is 1. The van der Waals surface area contributed by atoms with Crippen LogP contribution in [0.3, 0.4) is 0 Å². The van der Waals surface area contributed by atoms with Crippen molar-refractivity contribution in [1.29, 1.82) is 0 Å². The maximum atomic E-state index is 5.94. The van der Waals surface area contributed by atoms with E-state index in [0.29, 0.717) is 0 Å². The summed E-state index contributed by atoms with van der Waals surface area (Å²) in [6, 6.07) is 4.15. The lowest BCUT2D eigenvalue weighted by Crippen LogP contribution is -2.39. The Bertz CT molecular complexity index is 419. The Labute approximate surface area is 109 Å². The third-order valence-electron chi connectivity index (χ3n) is 4.21. The summed E-state index contributed by atoms with van der Waals surface area (Å²) in [5, 5.41) is 0. The van der Waals surface area contributed by atoms with Gasteiger partial charge in [0.25, 0.3) is 0 Å². The van der Waals surface area contributed by atoms with Crippen LogP contribution < -0.4 is 15.2 Å². The van der Waals surface area contributed by atoms with Crippen molar-refractivity contribution in [1.82, 2.24) is 0 Å². The molecule has 3 nitrogen and oxygen atoms in total. The van der Waals surface area contributed by atoms with Crippen LogP contribution in [0.25, 0.3) is 0 Å². The zero-order chi connectivity index (χ0) is 13.2. The van der Waals surface area contributed by atoms with Crippen LogP contribution in [-0.2, 0) is 6.42 Å². The van der Waals surface area contributed by atoms with E-state index in [9.17, 15) is 0 Å². The molecule has 0 spiro atoms.